The third kappa shape index (κ3) is 5.78. The molecule has 144 valence electrons. The summed E-state index contributed by atoms with van der Waals surface area (Å²) < 4.78 is 13.7. The number of amides is 1. The van der Waals surface area contributed by atoms with E-state index < -0.39 is 11.2 Å². The number of nitrogens with one attached hydrogen (secondary N) is 1. The molecule has 2 saturated heterocycles. The Morgan fingerprint density at radius 1 is 1.41 bits per heavy atom. The fourth-order valence-corrected chi connectivity index (χ4v) is 4.62. The molecule has 10 heteroatoms. The van der Waals surface area contributed by atoms with E-state index in [-0.39, 0.29) is 23.3 Å². The van der Waals surface area contributed by atoms with Gasteiger partial charge in [0, 0.05) is 31.1 Å². The number of benzene rings is 1. The second-order valence-corrected chi connectivity index (χ2v) is 8.49. The molecule has 1 amide bonds. The van der Waals surface area contributed by atoms with Crippen LogP contribution in [-0.2, 0) is 16.1 Å². The molecule has 0 saturated carbocycles. The molecule has 1 atom stereocenters. The summed E-state index contributed by atoms with van der Waals surface area (Å²) >= 11 is 2.96. The van der Waals surface area contributed by atoms with Gasteiger partial charge in [-0.05, 0) is 23.3 Å². The molecule has 2 aliphatic heterocycles. The van der Waals surface area contributed by atoms with Crippen molar-refractivity contribution in [1.82, 2.24) is 10.2 Å². The first-order valence-electron chi connectivity index (χ1n) is 8.40. The molecule has 0 spiro atoms. The van der Waals surface area contributed by atoms with E-state index in [1.54, 1.807) is 6.07 Å². The smallest absolute Gasteiger partial charge is 0.305 e. The topological polar surface area (TPSA) is 94.4 Å². The summed E-state index contributed by atoms with van der Waals surface area (Å²) in [6.45, 7) is 2.57. The first kappa shape index (κ1) is 19.8. The van der Waals surface area contributed by atoms with Gasteiger partial charge in [-0.15, -0.1) is 5.10 Å². The number of nitrogens with zero attached hydrogens (tertiary/aromatic N) is 3. The molecule has 1 unspecified atom stereocenters. The van der Waals surface area contributed by atoms with Gasteiger partial charge < -0.3 is 10.4 Å². The minimum Gasteiger partial charge on any atom is -0.481 e. The van der Waals surface area contributed by atoms with E-state index in [1.165, 1.54) is 18.3 Å². The number of carboxylic acids is 1. The lowest BCUT2D eigenvalue weighted by molar-refractivity contribution is -0.138. The Labute approximate surface area is 164 Å². The van der Waals surface area contributed by atoms with Crippen LogP contribution in [0.25, 0.3) is 0 Å². The van der Waals surface area contributed by atoms with Gasteiger partial charge in [-0.2, -0.15) is 16.9 Å². The lowest BCUT2D eigenvalue weighted by atomic mass is 10.1. The van der Waals surface area contributed by atoms with Gasteiger partial charge in [0.05, 0.1) is 12.6 Å². The molecule has 7 nitrogen and oxygen atoms in total. The predicted octanol–water partition coefficient (Wildman–Crippen LogP) is 1.77. The molecule has 1 aromatic rings. The van der Waals surface area contributed by atoms with E-state index in [9.17, 15) is 14.0 Å². The molecule has 2 aliphatic rings. The Bertz CT molecular complexity index is 781. The van der Waals surface area contributed by atoms with Crippen molar-refractivity contribution in [1.29, 1.82) is 0 Å². The summed E-state index contributed by atoms with van der Waals surface area (Å²) in [7, 11) is 0. The highest BCUT2D eigenvalue weighted by molar-refractivity contribution is 8.15. The largest absolute Gasteiger partial charge is 0.481 e. The third-order valence-electron chi connectivity index (χ3n) is 4.08. The van der Waals surface area contributed by atoms with Gasteiger partial charge in [0.25, 0.3) is 0 Å². The van der Waals surface area contributed by atoms with Crippen molar-refractivity contribution in [3.63, 3.8) is 0 Å². The minimum atomic E-state index is -1.04. The number of rotatable bonds is 6. The van der Waals surface area contributed by atoms with Gasteiger partial charge >= 0.3 is 5.97 Å². The summed E-state index contributed by atoms with van der Waals surface area (Å²) in [6, 6.07) is 4.53. The van der Waals surface area contributed by atoms with Crippen LogP contribution in [0.5, 0.6) is 0 Å². The van der Waals surface area contributed by atoms with Crippen LogP contribution in [-0.4, -0.2) is 63.1 Å². The zero-order chi connectivity index (χ0) is 19.2. The number of thioether (sulfide) groups is 2. The van der Waals surface area contributed by atoms with Gasteiger partial charge in [-0.1, -0.05) is 17.8 Å². The van der Waals surface area contributed by atoms with Crippen LogP contribution in [0.2, 0.25) is 0 Å². The van der Waals surface area contributed by atoms with Gasteiger partial charge in [-0.3, -0.25) is 14.5 Å². The van der Waals surface area contributed by atoms with Crippen molar-refractivity contribution in [3.05, 3.63) is 35.1 Å². The monoisotopic (exact) mass is 410 g/mol. The molecular weight excluding hydrogens is 391 g/mol. The minimum absolute atomic E-state index is 0.263. The number of halogens is 1. The fraction of sp³-hybridized carbons (Fsp3) is 0.412. The first-order valence-corrected chi connectivity index (χ1v) is 10.4. The van der Waals surface area contributed by atoms with Gasteiger partial charge in [0.15, 0.2) is 5.17 Å². The lowest BCUT2D eigenvalue weighted by Gasteiger charge is -2.26. The maximum Gasteiger partial charge on any atom is 0.305 e. The summed E-state index contributed by atoms with van der Waals surface area (Å²) in [6.07, 6.45) is 1.26. The van der Waals surface area contributed by atoms with Crippen molar-refractivity contribution in [2.45, 2.75) is 18.2 Å². The van der Waals surface area contributed by atoms with Crippen LogP contribution >= 0.6 is 23.5 Å². The van der Waals surface area contributed by atoms with Crippen LogP contribution in [0.15, 0.2) is 28.4 Å². The van der Waals surface area contributed by atoms with E-state index >= 15 is 0 Å². The van der Waals surface area contributed by atoms with Crippen LogP contribution in [0.1, 0.15) is 17.5 Å². The second kappa shape index (κ2) is 9.34. The summed E-state index contributed by atoms with van der Waals surface area (Å²) in [5.41, 5.74) is 1.59. The van der Waals surface area contributed by atoms with Crippen molar-refractivity contribution in [2.24, 2.45) is 10.2 Å². The zero-order valence-corrected chi connectivity index (χ0v) is 16.1. The lowest BCUT2D eigenvalue weighted by Crippen LogP contribution is -2.32. The number of carboxylic acid groups (broad SMARTS) is 1. The number of amidine groups is 1. The van der Waals surface area contributed by atoms with E-state index in [0.29, 0.717) is 6.54 Å². The van der Waals surface area contributed by atoms with E-state index in [0.717, 1.165) is 47.5 Å². The average Bonchev–Trinajstić information content (AvgIpc) is 2.96. The molecular formula is C17H19FN4O3S2. The van der Waals surface area contributed by atoms with Crippen LogP contribution in [0.4, 0.5) is 4.39 Å². The van der Waals surface area contributed by atoms with Crippen molar-refractivity contribution in [3.8, 4) is 0 Å². The number of carbonyl (C=O) groups excluding carboxylic acids is 1. The quantitative estimate of drug-likeness (QED) is 0.548. The van der Waals surface area contributed by atoms with Crippen molar-refractivity contribution < 1.29 is 19.1 Å². The Balaban J connectivity index is 1.68. The summed E-state index contributed by atoms with van der Waals surface area (Å²) in [5.74, 6) is 0.415. The molecule has 3 rings (SSSR count). The van der Waals surface area contributed by atoms with Crippen molar-refractivity contribution >= 4 is 46.8 Å². The van der Waals surface area contributed by atoms with Crippen molar-refractivity contribution in [2.75, 3.05) is 24.6 Å². The maximum atomic E-state index is 13.7. The van der Waals surface area contributed by atoms with Crippen LogP contribution in [0, 0.1) is 5.82 Å². The number of aliphatic carboxylic acids is 1. The molecule has 27 heavy (non-hydrogen) atoms. The van der Waals surface area contributed by atoms with Gasteiger partial charge in [-0.25, -0.2) is 4.39 Å². The zero-order valence-electron chi connectivity index (χ0n) is 14.4. The van der Waals surface area contributed by atoms with Gasteiger partial charge in [0.2, 0.25) is 5.91 Å². The molecule has 0 radical (unpaired) electrons. The molecule has 0 bridgehead atoms. The molecule has 0 aliphatic carbocycles. The van der Waals surface area contributed by atoms with Crippen LogP contribution < -0.4 is 5.32 Å². The number of carbonyl (C=O) groups is 2. The standard InChI is InChI=1S/C17H19FN4O3S2/c18-13-2-1-11(12(7-13)10-22-3-5-26-6-4-22)9-19-21-17-20-16(25)14(27-17)8-15(23)24/h1-2,7,9,14H,3-6,8,10H2,(H,23,24)(H,20,21,25). The molecule has 2 heterocycles. The second-order valence-electron chi connectivity index (χ2n) is 6.07. The average molecular weight is 410 g/mol. The Hall–Kier alpha value is -1.91. The molecule has 2 N–H and O–H groups in total. The highest BCUT2D eigenvalue weighted by Gasteiger charge is 2.32. The highest BCUT2D eigenvalue weighted by atomic mass is 32.2. The number of hydrogen-bond donors (Lipinski definition) is 2. The Morgan fingerprint density at radius 3 is 2.93 bits per heavy atom. The van der Waals surface area contributed by atoms with E-state index in [4.69, 9.17) is 5.11 Å². The summed E-state index contributed by atoms with van der Waals surface area (Å²) in [5, 5.41) is 18.8. The number of hydrogen-bond acceptors (Lipinski definition) is 7. The van der Waals surface area contributed by atoms with E-state index in [1.807, 2.05) is 11.8 Å². The Kier molecular flexibility index (Phi) is 6.86. The normalized spacial score (nSPS) is 22.5. The highest BCUT2D eigenvalue weighted by Crippen LogP contribution is 2.22. The van der Waals surface area contributed by atoms with Gasteiger partial charge in [0.1, 0.15) is 11.1 Å². The van der Waals surface area contributed by atoms with E-state index in [2.05, 4.69) is 20.4 Å². The maximum absolute atomic E-state index is 13.7. The van der Waals surface area contributed by atoms with Crippen LogP contribution in [0.3, 0.4) is 0 Å². The predicted molar refractivity (Wildman–Crippen MR) is 106 cm³/mol. The first-order chi connectivity index (χ1) is 13.0. The SMILES string of the molecule is O=C(O)CC1SC(=NN=Cc2ccc(F)cc2CN2CCSCC2)NC1=O. The Morgan fingerprint density at radius 2 is 2.19 bits per heavy atom. The molecule has 0 aromatic heterocycles. The molecule has 2 fully saturated rings. The summed E-state index contributed by atoms with van der Waals surface area (Å²) in [4.78, 5) is 24.7. The molecule has 1 aromatic carbocycles. The fourth-order valence-electron chi connectivity index (χ4n) is 2.73. The third-order valence-corrected chi connectivity index (χ3v) is 6.10.